The fraction of sp³-hybridized carbons (Fsp3) is 0.192. The van der Waals surface area contributed by atoms with Crippen molar-refractivity contribution in [1.29, 1.82) is 0 Å². The topological polar surface area (TPSA) is 64.4 Å². The van der Waals surface area contributed by atoms with Gasteiger partial charge in [-0.25, -0.2) is 9.78 Å². The van der Waals surface area contributed by atoms with Crippen LogP contribution in [-0.4, -0.2) is 27.1 Å². The molecule has 0 saturated carbocycles. The summed E-state index contributed by atoms with van der Waals surface area (Å²) in [4.78, 5) is 33.9. The van der Waals surface area contributed by atoms with Gasteiger partial charge in [0.1, 0.15) is 11.6 Å². The van der Waals surface area contributed by atoms with E-state index in [2.05, 4.69) is 15.9 Å². The Hall–Kier alpha value is -3.23. The zero-order valence-electron chi connectivity index (χ0n) is 18.5. The van der Waals surface area contributed by atoms with Crippen LogP contribution in [-0.2, 0) is 13.0 Å². The van der Waals surface area contributed by atoms with Gasteiger partial charge in [0.15, 0.2) is 0 Å². The zero-order chi connectivity index (χ0) is 23.7. The van der Waals surface area contributed by atoms with Gasteiger partial charge in [0.25, 0.3) is 5.56 Å². The molecule has 6 nitrogen and oxygen atoms in total. The average Bonchev–Trinajstić information content (AvgIpc) is 3.38. The van der Waals surface area contributed by atoms with Crippen molar-refractivity contribution in [3.8, 4) is 5.75 Å². The lowest BCUT2D eigenvalue weighted by Gasteiger charge is -2.29. The Labute approximate surface area is 209 Å². The second kappa shape index (κ2) is 9.56. The van der Waals surface area contributed by atoms with Gasteiger partial charge in [-0.15, -0.1) is 11.3 Å². The second-order valence-electron chi connectivity index (χ2n) is 8.08. The summed E-state index contributed by atoms with van der Waals surface area (Å²) < 4.78 is 8.21. The maximum absolute atomic E-state index is 13.7. The zero-order valence-corrected chi connectivity index (χ0v) is 20.9. The number of nitrogens with zero attached hydrogens (tertiary/aromatic N) is 3. The molecule has 0 N–H and O–H groups in total. The van der Waals surface area contributed by atoms with E-state index in [-0.39, 0.29) is 18.1 Å². The summed E-state index contributed by atoms with van der Waals surface area (Å²) >= 11 is 4.99. The molecule has 1 amide bonds. The van der Waals surface area contributed by atoms with E-state index in [9.17, 15) is 9.59 Å². The first-order valence-electron chi connectivity index (χ1n) is 10.9. The lowest BCUT2D eigenvalue weighted by Crippen LogP contribution is -2.43. The van der Waals surface area contributed by atoms with E-state index in [4.69, 9.17) is 9.72 Å². The largest absolute Gasteiger partial charge is 0.415 e. The van der Waals surface area contributed by atoms with Gasteiger partial charge >= 0.3 is 6.09 Å². The molecule has 2 aromatic carbocycles. The summed E-state index contributed by atoms with van der Waals surface area (Å²) in [5.74, 6) is 1.09. The van der Waals surface area contributed by atoms with E-state index in [0.29, 0.717) is 35.8 Å². The highest BCUT2D eigenvalue weighted by atomic mass is 79.9. The predicted molar refractivity (Wildman–Crippen MR) is 136 cm³/mol. The number of thiophene rings is 1. The Bertz CT molecular complexity index is 1370. The summed E-state index contributed by atoms with van der Waals surface area (Å²) in [7, 11) is 0. The molecule has 4 aromatic rings. The summed E-state index contributed by atoms with van der Waals surface area (Å²) in [5.41, 5.74) is 2.28. The van der Waals surface area contributed by atoms with Crippen molar-refractivity contribution in [3.05, 3.63) is 114 Å². The van der Waals surface area contributed by atoms with Gasteiger partial charge in [-0.3, -0.25) is 9.36 Å². The van der Waals surface area contributed by atoms with E-state index in [1.165, 1.54) is 0 Å². The van der Waals surface area contributed by atoms with Gasteiger partial charge in [0.05, 0.1) is 18.3 Å². The molecule has 0 aliphatic carbocycles. The standard InChI is InChI=1S/C26H22BrN3O3S/c1-17-28-22-16-29(26(32)33-20-11-9-19(27)10-12-20)14-13-21(22)25(31)30(17)24(23-8-5-15-34-23)18-6-3-2-4-7-18/h2-12,15,24H,13-14,16H2,1H3. The fourth-order valence-corrected chi connectivity index (χ4v) is 5.38. The number of hydrogen-bond acceptors (Lipinski definition) is 5. The van der Waals surface area contributed by atoms with E-state index in [0.717, 1.165) is 14.9 Å². The molecule has 1 aliphatic heterocycles. The van der Waals surface area contributed by atoms with E-state index < -0.39 is 6.09 Å². The number of carbonyl (C=O) groups excluding carboxylic acids is 1. The summed E-state index contributed by atoms with van der Waals surface area (Å²) in [6.07, 6.45) is -0.0135. The third-order valence-electron chi connectivity index (χ3n) is 5.91. The molecule has 0 spiro atoms. The Morgan fingerprint density at radius 1 is 1.09 bits per heavy atom. The van der Waals surface area contributed by atoms with Gasteiger partial charge < -0.3 is 9.64 Å². The highest BCUT2D eigenvalue weighted by Gasteiger charge is 2.29. The number of rotatable bonds is 4. The molecule has 3 heterocycles. The number of hydrogen-bond donors (Lipinski definition) is 0. The minimum Gasteiger partial charge on any atom is -0.410 e. The molecule has 34 heavy (non-hydrogen) atoms. The van der Waals surface area contributed by atoms with Crippen molar-refractivity contribution >= 4 is 33.4 Å². The quantitative estimate of drug-likeness (QED) is 0.342. The van der Waals surface area contributed by atoms with Crippen LogP contribution < -0.4 is 10.3 Å². The number of fused-ring (bicyclic) bond motifs is 1. The van der Waals surface area contributed by atoms with Crippen LogP contribution >= 0.6 is 27.3 Å². The van der Waals surface area contributed by atoms with Gasteiger partial charge in [-0.05, 0) is 54.6 Å². The van der Waals surface area contributed by atoms with Crippen molar-refractivity contribution < 1.29 is 9.53 Å². The Morgan fingerprint density at radius 3 is 2.56 bits per heavy atom. The van der Waals surface area contributed by atoms with Crippen LogP contribution in [0.3, 0.4) is 0 Å². The van der Waals surface area contributed by atoms with Crippen molar-refractivity contribution in [2.24, 2.45) is 0 Å². The Kier molecular flexibility index (Phi) is 6.34. The molecule has 0 fully saturated rings. The third kappa shape index (κ3) is 4.43. The molecule has 2 aromatic heterocycles. The van der Waals surface area contributed by atoms with Gasteiger partial charge in [0.2, 0.25) is 0 Å². The number of halogens is 1. The number of ether oxygens (including phenoxy) is 1. The molecule has 1 unspecified atom stereocenters. The Balaban J connectivity index is 1.46. The molecule has 1 atom stereocenters. The van der Waals surface area contributed by atoms with Gasteiger partial charge in [0, 0.05) is 21.5 Å². The predicted octanol–water partition coefficient (Wildman–Crippen LogP) is 5.57. The lowest BCUT2D eigenvalue weighted by molar-refractivity contribution is 0.145. The van der Waals surface area contributed by atoms with Crippen LogP contribution in [0.4, 0.5) is 4.79 Å². The molecular formula is C26H22BrN3O3S. The smallest absolute Gasteiger partial charge is 0.410 e. The van der Waals surface area contributed by atoms with Crippen LogP contribution in [0.5, 0.6) is 5.75 Å². The summed E-state index contributed by atoms with van der Waals surface area (Å²) in [5, 5.41) is 2.02. The highest BCUT2D eigenvalue weighted by Crippen LogP contribution is 2.30. The molecule has 172 valence electrons. The van der Waals surface area contributed by atoms with Gasteiger partial charge in [-0.1, -0.05) is 52.3 Å². The van der Waals surface area contributed by atoms with Crippen LogP contribution in [0.25, 0.3) is 0 Å². The van der Waals surface area contributed by atoms with E-state index in [1.807, 2.05) is 66.9 Å². The average molecular weight is 536 g/mol. The molecule has 8 heteroatoms. The van der Waals surface area contributed by atoms with Crippen molar-refractivity contribution in [1.82, 2.24) is 14.5 Å². The number of aryl methyl sites for hydroxylation is 1. The first kappa shape index (κ1) is 22.6. The fourth-order valence-electron chi connectivity index (χ4n) is 4.27. The summed E-state index contributed by atoms with van der Waals surface area (Å²) in [6, 6.07) is 20.9. The first-order valence-corrected chi connectivity index (χ1v) is 12.6. The first-order chi connectivity index (χ1) is 16.5. The molecule has 0 radical (unpaired) electrons. The summed E-state index contributed by atoms with van der Waals surface area (Å²) in [6.45, 7) is 2.50. The number of aromatic nitrogens is 2. The molecular weight excluding hydrogens is 514 g/mol. The monoisotopic (exact) mass is 535 g/mol. The minimum atomic E-state index is -0.447. The number of benzene rings is 2. The minimum absolute atomic E-state index is 0.0503. The van der Waals surface area contributed by atoms with E-state index >= 15 is 0 Å². The molecule has 0 bridgehead atoms. The van der Waals surface area contributed by atoms with Crippen LogP contribution in [0.1, 0.15) is 33.6 Å². The van der Waals surface area contributed by atoms with Crippen LogP contribution in [0.2, 0.25) is 0 Å². The van der Waals surface area contributed by atoms with Crippen LogP contribution in [0.15, 0.2) is 81.4 Å². The maximum Gasteiger partial charge on any atom is 0.415 e. The number of amides is 1. The maximum atomic E-state index is 13.7. The molecule has 1 aliphatic rings. The SMILES string of the molecule is Cc1nc2c(c(=O)n1C(c1ccccc1)c1cccs1)CCN(C(=O)Oc1ccc(Br)cc1)C2. The van der Waals surface area contributed by atoms with E-state index in [1.54, 1.807) is 32.9 Å². The number of carbonyl (C=O) groups is 1. The van der Waals surface area contributed by atoms with Crippen molar-refractivity contribution in [3.63, 3.8) is 0 Å². The van der Waals surface area contributed by atoms with Crippen molar-refractivity contribution in [2.75, 3.05) is 6.54 Å². The lowest BCUT2D eigenvalue weighted by atomic mass is 10.0. The third-order valence-corrected chi connectivity index (χ3v) is 7.36. The second-order valence-corrected chi connectivity index (χ2v) is 9.98. The molecule has 5 rings (SSSR count). The normalized spacial score (nSPS) is 13.9. The van der Waals surface area contributed by atoms with Gasteiger partial charge in [-0.2, -0.15) is 0 Å². The highest BCUT2D eigenvalue weighted by molar-refractivity contribution is 9.10. The molecule has 0 saturated heterocycles. The van der Waals surface area contributed by atoms with Crippen molar-refractivity contribution in [2.45, 2.75) is 25.9 Å². The van der Waals surface area contributed by atoms with Crippen LogP contribution in [0, 0.1) is 6.92 Å². The Morgan fingerprint density at radius 2 is 1.85 bits per heavy atom.